The minimum absolute atomic E-state index is 0. The van der Waals surface area contributed by atoms with Crippen LogP contribution in [0.3, 0.4) is 0 Å². The zero-order valence-electron chi connectivity index (χ0n) is 26.1. The van der Waals surface area contributed by atoms with Crippen molar-refractivity contribution < 1.29 is 20.1 Å². The first kappa shape index (κ1) is 30.5. The fourth-order valence-electron chi connectivity index (χ4n) is 6.75. The summed E-state index contributed by atoms with van der Waals surface area (Å²) in [5.74, 6) is 0. The average Bonchev–Trinajstić information content (AvgIpc) is 3.56. The number of hydrogen-bond acceptors (Lipinski definition) is 2. The van der Waals surface area contributed by atoms with Crippen molar-refractivity contribution in [2.45, 2.75) is 19.3 Å². The third-order valence-electron chi connectivity index (χ3n) is 9.01. The van der Waals surface area contributed by atoms with Gasteiger partial charge in [0.1, 0.15) is 0 Å². The van der Waals surface area contributed by atoms with Gasteiger partial charge in [0, 0.05) is 49.1 Å². The summed E-state index contributed by atoms with van der Waals surface area (Å²) in [5.41, 5.74) is 12.9. The molecule has 9 rings (SSSR count). The molecular weight excluding hydrogens is 751 g/mol. The van der Waals surface area contributed by atoms with Crippen LogP contribution < -0.4 is 0 Å². The van der Waals surface area contributed by atoms with E-state index in [1.54, 1.807) is 6.20 Å². The molecule has 8 aromatic rings. The minimum Gasteiger partial charge on any atom is -0.351 e. The molecule has 0 atom stereocenters. The van der Waals surface area contributed by atoms with Crippen LogP contribution in [-0.2, 0) is 25.5 Å². The quantitative estimate of drug-likeness (QED) is 0.167. The van der Waals surface area contributed by atoms with Gasteiger partial charge >= 0.3 is 0 Å². The van der Waals surface area contributed by atoms with E-state index in [-0.39, 0.29) is 25.5 Å². The molecule has 0 N–H and O–H groups in total. The van der Waals surface area contributed by atoms with Crippen LogP contribution in [0.4, 0.5) is 0 Å². The summed E-state index contributed by atoms with van der Waals surface area (Å²) in [6.07, 6.45) is 3.63. The summed E-state index contributed by atoms with van der Waals surface area (Å²) in [5, 5.41) is 2.50. The minimum atomic E-state index is -0.0357. The summed E-state index contributed by atoms with van der Waals surface area (Å²) in [6, 6.07) is 55.0. The first-order valence-electron chi connectivity index (χ1n) is 15.6. The van der Waals surface area contributed by atoms with E-state index in [0.717, 1.165) is 33.7 Å². The fraction of sp³-hybridized carbons (Fsp3) is 0.0698. The summed E-state index contributed by atoms with van der Waals surface area (Å²) in [7, 11) is 0. The maximum atomic E-state index is 4.57. The molecule has 3 nitrogen and oxygen atoms in total. The predicted molar refractivity (Wildman–Crippen MR) is 189 cm³/mol. The Morgan fingerprint density at radius 2 is 1.21 bits per heavy atom. The van der Waals surface area contributed by atoms with Crippen LogP contribution in [0, 0.1) is 12.1 Å². The molecule has 0 spiro atoms. The van der Waals surface area contributed by atoms with Crippen LogP contribution in [0.2, 0.25) is 0 Å². The second kappa shape index (κ2) is 12.6. The van der Waals surface area contributed by atoms with Crippen molar-refractivity contribution in [3.05, 3.63) is 175 Å². The molecular formula is C43H31IrN3-2. The molecule has 0 saturated carbocycles. The van der Waals surface area contributed by atoms with Crippen molar-refractivity contribution in [1.82, 2.24) is 14.5 Å². The predicted octanol–water partition coefficient (Wildman–Crippen LogP) is 10.5. The number of fused-ring (bicyclic) bond motifs is 6. The van der Waals surface area contributed by atoms with E-state index in [9.17, 15) is 0 Å². The van der Waals surface area contributed by atoms with Crippen molar-refractivity contribution in [2.75, 3.05) is 0 Å². The Kier molecular flexibility index (Phi) is 8.15. The van der Waals surface area contributed by atoms with Crippen molar-refractivity contribution in [2.24, 2.45) is 0 Å². The molecule has 47 heavy (non-hydrogen) atoms. The van der Waals surface area contributed by atoms with E-state index >= 15 is 0 Å². The molecule has 0 aliphatic heterocycles. The van der Waals surface area contributed by atoms with Gasteiger partial charge in [0.25, 0.3) is 0 Å². The average molecular weight is 782 g/mol. The molecule has 1 aliphatic rings. The third kappa shape index (κ3) is 5.40. The standard InChI is InChI=1S/C32H23N2.C11H8N.Ir/c1-32(2)27-13-7-6-12-23(27)24-20-31-26(19-28(24)32)25-18-21(29-14-8-9-17-33-29)15-16-30(25)34(31)22-10-4-3-5-11-22;1-2-6-10(7-3-1)11-8-4-5-9-12-11;/h3-14,16-20H,1-2H3;1-6,8-9H;/q2*-1;. The molecule has 3 heterocycles. The van der Waals surface area contributed by atoms with Crippen LogP contribution in [0.1, 0.15) is 25.0 Å². The molecule has 229 valence electrons. The monoisotopic (exact) mass is 782 g/mol. The van der Waals surface area contributed by atoms with Gasteiger partial charge in [0.15, 0.2) is 0 Å². The second-order valence-corrected chi connectivity index (χ2v) is 12.1. The Bertz CT molecular complexity index is 2270. The van der Waals surface area contributed by atoms with E-state index < -0.39 is 0 Å². The molecule has 3 aromatic heterocycles. The molecule has 1 aliphatic carbocycles. The van der Waals surface area contributed by atoms with Crippen LogP contribution in [-0.4, -0.2) is 14.5 Å². The molecule has 0 fully saturated rings. The van der Waals surface area contributed by atoms with Gasteiger partial charge in [-0.2, -0.15) is 0 Å². The summed E-state index contributed by atoms with van der Waals surface area (Å²) in [4.78, 5) is 8.79. The van der Waals surface area contributed by atoms with Crippen LogP contribution in [0.15, 0.2) is 152 Å². The normalized spacial score (nSPS) is 12.5. The Morgan fingerprint density at radius 1 is 0.553 bits per heavy atom. The second-order valence-electron chi connectivity index (χ2n) is 12.1. The smallest absolute Gasteiger partial charge is 0.0442 e. The molecule has 0 bridgehead atoms. The van der Waals surface area contributed by atoms with Crippen LogP contribution in [0.25, 0.3) is 61.1 Å². The molecule has 1 radical (unpaired) electrons. The fourth-order valence-corrected chi connectivity index (χ4v) is 6.75. The zero-order chi connectivity index (χ0) is 31.1. The first-order valence-corrected chi connectivity index (χ1v) is 15.6. The Morgan fingerprint density at radius 3 is 1.91 bits per heavy atom. The van der Waals surface area contributed by atoms with Crippen LogP contribution in [0.5, 0.6) is 0 Å². The van der Waals surface area contributed by atoms with Gasteiger partial charge in [-0.3, -0.25) is 0 Å². The van der Waals surface area contributed by atoms with Gasteiger partial charge in [-0.1, -0.05) is 86.0 Å². The van der Waals surface area contributed by atoms with E-state index in [1.165, 1.54) is 38.5 Å². The number of pyridine rings is 2. The molecule has 0 amide bonds. The maximum absolute atomic E-state index is 4.57. The van der Waals surface area contributed by atoms with Crippen molar-refractivity contribution in [3.63, 3.8) is 0 Å². The van der Waals surface area contributed by atoms with Gasteiger partial charge in [-0.15, -0.1) is 59.7 Å². The van der Waals surface area contributed by atoms with Crippen molar-refractivity contribution in [1.29, 1.82) is 0 Å². The molecule has 0 unspecified atom stereocenters. The van der Waals surface area contributed by atoms with E-state index in [0.29, 0.717) is 0 Å². The maximum Gasteiger partial charge on any atom is 0.0442 e. The number of benzene rings is 5. The number of rotatable bonds is 3. The van der Waals surface area contributed by atoms with Gasteiger partial charge in [0.05, 0.1) is 0 Å². The SMILES string of the molecule is CC1(C)c2ccccc2-c2cc3c(cc21)c1cc(-c2ccccn2)[c-]cc1n3-c1ccccc1.[Ir].[c-]1ccccc1-c1ccccn1. The first-order chi connectivity index (χ1) is 22.6. The van der Waals surface area contributed by atoms with E-state index in [4.69, 9.17) is 0 Å². The van der Waals surface area contributed by atoms with Crippen molar-refractivity contribution in [3.8, 4) is 39.3 Å². The Hall–Kier alpha value is -5.15. The summed E-state index contributed by atoms with van der Waals surface area (Å²) < 4.78 is 2.37. The van der Waals surface area contributed by atoms with E-state index in [2.05, 4.69) is 119 Å². The zero-order valence-corrected chi connectivity index (χ0v) is 28.5. The Labute approximate surface area is 289 Å². The van der Waals surface area contributed by atoms with Crippen molar-refractivity contribution >= 4 is 21.8 Å². The molecule has 4 heteroatoms. The number of aromatic nitrogens is 3. The van der Waals surface area contributed by atoms with Gasteiger partial charge in [-0.25, -0.2) is 0 Å². The molecule has 5 aromatic carbocycles. The number of nitrogens with zero attached hydrogens (tertiary/aromatic N) is 3. The number of para-hydroxylation sites is 1. The van der Waals surface area contributed by atoms with Gasteiger partial charge in [-0.05, 0) is 80.9 Å². The number of hydrogen-bond donors (Lipinski definition) is 0. The largest absolute Gasteiger partial charge is 0.351 e. The van der Waals surface area contributed by atoms with E-state index in [1.807, 2.05) is 66.9 Å². The topological polar surface area (TPSA) is 30.7 Å². The van der Waals surface area contributed by atoms with Gasteiger partial charge in [0.2, 0.25) is 0 Å². The summed E-state index contributed by atoms with van der Waals surface area (Å²) >= 11 is 0. The molecule has 0 saturated heterocycles. The van der Waals surface area contributed by atoms with Crippen LogP contribution >= 0.6 is 0 Å². The Balaban J connectivity index is 0.000000228. The van der Waals surface area contributed by atoms with Gasteiger partial charge < -0.3 is 14.5 Å². The third-order valence-corrected chi connectivity index (χ3v) is 9.01. The summed E-state index contributed by atoms with van der Waals surface area (Å²) in [6.45, 7) is 4.68.